The van der Waals surface area contributed by atoms with E-state index in [0.29, 0.717) is 15.6 Å². The zero-order valence-electron chi connectivity index (χ0n) is 7.74. The summed E-state index contributed by atoms with van der Waals surface area (Å²) < 4.78 is 0. The van der Waals surface area contributed by atoms with Crippen molar-refractivity contribution in [2.75, 3.05) is 5.32 Å². The van der Waals surface area contributed by atoms with Gasteiger partial charge in [0.1, 0.15) is 0 Å². The number of amides is 1. The molecule has 2 aromatic rings. The first-order valence-electron chi connectivity index (χ1n) is 4.16. The quantitative estimate of drug-likeness (QED) is 0.859. The van der Waals surface area contributed by atoms with Crippen LogP contribution in [0.3, 0.4) is 0 Å². The second kappa shape index (κ2) is 4.46. The molecule has 0 saturated heterocycles. The molecule has 82 valence electrons. The smallest absolute Gasteiger partial charge is 0.270 e. The zero-order valence-corrected chi connectivity index (χ0v) is 9.25. The minimum absolute atomic E-state index is 0.0936. The van der Waals surface area contributed by atoms with Gasteiger partial charge in [0.15, 0.2) is 0 Å². The van der Waals surface area contributed by atoms with Crippen LogP contribution in [0, 0.1) is 0 Å². The lowest BCUT2D eigenvalue weighted by atomic mass is 10.2. The summed E-state index contributed by atoms with van der Waals surface area (Å²) in [5.41, 5.74) is 0.360. The molecule has 1 aromatic heterocycles. The van der Waals surface area contributed by atoms with Crippen molar-refractivity contribution in [3.05, 3.63) is 33.8 Å². The van der Waals surface area contributed by atoms with E-state index in [4.69, 9.17) is 23.2 Å². The Labute approximate surface area is 99.9 Å². The van der Waals surface area contributed by atoms with Crippen molar-refractivity contribution >= 4 is 35.1 Å². The fourth-order valence-corrected chi connectivity index (χ4v) is 1.32. The Kier molecular flexibility index (Phi) is 3.02. The number of nitrogens with zero attached hydrogens (tertiary/aromatic N) is 3. The molecule has 0 unspecified atom stereocenters. The topological polar surface area (TPSA) is 83.6 Å². The number of tetrazole rings is 1. The van der Waals surface area contributed by atoms with Crippen molar-refractivity contribution in [3.63, 3.8) is 0 Å². The molecule has 2 N–H and O–H groups in total. The van der Waals surface area contributed by atoms with Crippen LogP contribution in [0.15, 0.2) is 18.2 Å². The molecule has 0 spiro atoms. The summed E-state index contributed by atoms with van der Waals surface area (Å²) >= 11 is 11.5. The summed E-state index contributed by atoms with van der Waals surface area (Å²) in [7, 11) is 0. The average molecular weight is 258 g/mol. The van der Waals surface area contributed by atoms with Crippen LogP contribution in [0.25, 0.3) is 0 Å². The van der Waals surface area contributed by atoms with Crippen LogP contribution in [0.1, 0.15) is 10.4 Å². The Hall–Kier alpha value is -1.66. The zero-order chi connectivity index (χ0) is 11.5. The molecule has 0 aliphatic heterocycles. The molecule has 1 aromatic carbocycles. The number of nitrogens with one attached hydrogen (secondary N) is 2. The van der Waals surface area contributed by atoms with Crippen LogP contribution in [-0.4, -0.2) is 26.5 Å². The van der Waals surface area contributed by atoms with E-state index in [9.17, 15) is 4.79 Å². The highest BCUT2D eigenvalue weighted by atomic mass is 35.5. The lowest BCUT2D eigenvalue weighted by Crippen LogP contribution is -2.12. The Balaban J connectivity index is 2.18. The first-order valence-corrected chi connectivity index (χ1v) is 4.92. The maximum absolute atomic E-state index is 11.6. The molecular formula is C8H5Cl2N5O. The van der Waals surface area contributed by atoms with E-state index in [-0.39, 0.29) is 11.9 Å². The number of aromatic amines is 1. The van der Waals surface area contributed by atoms with Crippen LogP contribution in [-0.2, 0) is 0 Å². The van der Waals surface area contributed by atoms with Gasteiger partial charge in [-0.3, -0.25) is 10.1 Å². The summed E-state index contributed by atoms with van der Waals surface area (Å²) in [6.07, 6.45) is 0. The highest BCUT2D eigenvalue weighted by molar-refractivity contribution is 6.42. The summed E-state index contributed by atoms with van der Waals surface area (Å²) in [5, 5.41) is 15.8. The number of carbonyl (C=O) groups is 1. The number of aromatic nitrogens is 4. The van der Waals surface area contributed by atoms with E-state index in [1.807, 2.05) is 0 Å². The highest BCUT2D eigenvalue weighted by Crippen LogP contribution is 2.22. The number of halogens is 2. The maximum atomic E-state index is 11.6. The number of H-pyrrole nitrogens is 1. The van der Waals surface area contributed by atoms with Gasteiger partial charge in [0.2, 0.25) is 0 Å². The molecule has 0 aliphatic carbocycles. The predicted molar refractivity (Wildman–Crippen MR) is 58.6 cm³/mol. The number of benzene rings is 1. The standard InChI is InChI=1S/C8H5Cl2N5O/c9-5-2-1-4(3-6(5)10)7(16)11-8-12-14-15-13-8/h1-3H,(H2,11,12,13,14,15,16). The van der Waals surface area contributed by atoms with Gasteiger partial charge < -0.3 is 0 Å². The van der Waals surface area contributed by atoms with Crippen molar-refractivity contribution in [1.29, 1.82) is 0 Å². The number of rotatable bonds is 2. The molecule has 6 nitrogen and oxygen atoms in total. The van der Waals surface area contributed by atoms with Gasteiger partial charge in [-0.25, -0.2) is 0 Å². The third kappa shape index (κ3) is 2.29. The van der Waals surface area contributed by atoms with Gasteiger partial charge in [-0.2, -0.15) is 5.21 Å². The lowest BCUT2D eigenvalue weighted by molar-refractivity contribution is 0.102. The molecule has 1 heterocycles. The number of hydrogen-bond acceptors (Lipinski definition) is 4. The normalized spacial score (nSPS) is 10.1. The van der Waals surface area contributed by atoms with Crippen LogP contribution in [0.5, 0.6) is 0 Å². The van der Waals surface area contributed by atoms with Gasteiger partial charge in [0, 0.05) is 5.56 Å². The van der Waals surface area contributed by atoms with Crippen LogP contribution >= 0.6 is 23.2 Å². The third-order valence-corrected chi connectivity index (χ3v) is 2.49. The lowest BCUT2D eigenvalue weighted by Gasteiger charge is -2.01. The second-order valence-corrected chi connectivity index (χ2v) is 3.63. The van der Waals surface area contributed by atoms with E-state index in [1.165, 1.54) is 12.1 Å². The molecule has 0 atom stereocenters. The van der Waals surface area contributed by atoms with Crippen molar-refractivity contribution < 1.29 is 4.79 Å². The van der Waals surface area contributed by atoms with Gasteiger partial charge in [-0.05, 0) is 23.4 Å². The summed E-state index contributed by atoms with van der Waals surface area (Å²) in [4.78, 5) is 11.6. The molecular weight excluding hydrogens is 253 g/mol. The molecule has 2 rings (SSSR count). The molecule has 0 radical (unpaired) electrons. The first-order chi connectivity index (χ1) is 7.66. The third-order valence-electron chi connectivity index (χ3n) is 1.75. The van der Waals surface area contributed by atoms with E-state index < -0.39 is 0 Å². The number of anilines is 1. The minimum atomic E-state index is -0.389. The Bertz CT molecular complexity index is 513. The molecule has 0 aliphatic rings. The van der Waals surface area contributed by atoms with E-state index in [0.717, 1.165) is 0 Å². The Morgan fingerprint density at radius 3 is 2.75 bits per heavy atom. The van der Waals surface area contributed by atoms with Crippen LogP contribution < -0.4 is 5.32 Å². The van der Waals surface area contributed by atoms with Crippen molar-refractivity contribution in [2.45, 2.75) is 0 Å². The van der Waals surface area contributed by atoms with Gasteiger partial charge in [-0.1, -0.05) is 28.3 Å². The van der Waals surface area contributed by atoms with E-state index in [1.54, 1.807) is 6.07 Å². The van der Waals surface area contributed by atoms with E-state index in [2.05, 4.69) is 25.9 Å². The largest absolute Gasteiger partial charge is 0.288 e. The molecule has 0 fully saturated rings. The number of hydrogen-bond donors (Lipinski definition) is 2. The second-order valence-electron chi connectivity index (χ2n) is 2.82. The summed E-state index contributed by atoms with van der Waals surface area (Å²) in [5.74, 6) is -0.295. The molecule has 1 amide bonds. The van der Waals surface area contributed by atoms with Gasteiger partial charge in [0.25, 0.3) is 11.9 Å². The van der Waals surface area contributed by atoms with Crippen LogP contribution in [0.4, 0.5) is 5.95 Å². The fourth-order valence-electron chi connectivity index (χ4n) is 1.03. The molecule has 16 heavy (non-hydrogen) atoms. The van der Waals surface area contributed by atoms with E-state index >= 15 is 0 Å². The molecule has 8 heteroatoms. The fraction of sp³-hybridized carbons (Fsp3) is 0. The Morgan fingerprint density at radius 1 is 1.31 bits per heavy atom. The monoisotopic (exact) mass is 257 g/mol. The van der Waals surface area contributed by atoms with Crippen molar-refractivity contribution in [3.8, 4) is 0 Å². The first kappa shape index (κ1) is 10.8. The SMILES string of the molecule is O=C(Nc1nn[nH]n1)c1ccc(Cl)c(Cl)c1. The van der Waals surface area contributed by atoms with Crippen molar-refractivity contribution in [2.24, 2.45) is 0 Å². The van der Waals surface area contributed by atoms with Gasteiger partial charge in [-0.15, -0.1) is 5.10 Å². The Morgan fingerprint density at radius 2 is 2.12 bits per heavy atom. The number of carbonyl (C=O) groups excluding carboxylic acids is 1. The molecule has 0 saturated carbocycles. The average Bonchev–Trinajstić information content (AvgIpc) is 2.74. The highest BCUT2D eigenvalue weighted by Gasteiger charge is 2.10. The summed E-state index contributed by atoms with van der Waals surface area (Å²) in [6, 6.07) is 4.54. The molecule has 0 bridgehead atoms. The minimum Gasteiger partial charge on any atom is -0.288 e. The van der Waals surface area contributed by atoms with Gasteiger partial charge in [0.05, 0.1) is 10.0 Å². The summed E-state index contributed by atoms with van der Waals surface area (Å²) in [6.45, 7) is 0. The van der Waals surface area contributed by atoms with Crippen molar-refractivity contribution in [1.82, 2.24) is 20.6 Å². The van der Waals surface area contributed by atoms with Gasteiger partial charge >= 0.3 is 0 Å². The predicted octanol–water partition coefficient (Wildman–Crippen LogP) is 1.76. The van der Waals surface area contributed by atoms with Crippen LogP contribution in [0.2, 0.25) is 10.0 Å². The maximum Gasteiger partial charge on any atom is 0.270 e.